The van der Waals surface area contributed by atoms with E-state index in [0.29, 0.717) is 28.7 Å². The Bertz CT molecular complexity index is 1230. The molecule has 32 heavy (non-hydrogen) atoms. The summed E-state index contributed by atoms with van der Waals surface area (Å²) in [5.41, 5.74) is 3.32. The summed E-state index contributed by atoms with van der Waals surface area (Å²) in [7, 11) is 0. The smallest absolute Gasteiger partial charge is 0.339 e. The minimum Gasteiger partial charge on any atom is -0.480 e. The van der Waals surface area contributed by atoms with Gasteiger partial charge in [0, 0.05) is 12.0 Å². The van der Waals surface area contributed by atoms with Gasteiger partial charge in [-0.2, -0.15) is 0 Å². The van der Waals surface area contributed by atoms with Gasteiger partial charge in [-0.05, 0) is 61.9 Å². The molecule has 0 radical (unpaired) electrons. The van der Waals surface area contributed by atoms with Crippen molar-refractivity contribution in [2.24, 2.45) is 0 Å². The molecule has 1 aromatic heterocycles. The second kappa shape index (κ2) is 8.86. The molecule has 4 rings (SSSR count). The van der Waals surface area contributed by atoms with E-state index >= 15 is 0 Å². The molecule has 0 fully saturated rings. The summed E-state index contributed by atoms with van der Waals surface area (Å²) in [4.78, 5) is 36.8. The summed E-state index contributed by atoms with van der Waals surface area (Å²) in [5, 5.41) is 12.8. The lowest BCUT2D eigenvalue weighted by Crippen LogP contribution is -2.47. The highest BCUT2D eigenvalue weighted by Crippen LogP contribution is 2.35. The van der Waals surface area contributed by atoms with Crippen LogP contribution in [0.3, 0.4) is 0 Å². The lowest BCUT2D eigenvalue weighted by molar-refractivity contribution is -0.142. The first-order valence-electron chi connectivity index (χ1n) is 10.7. The quantitative estimate of drug-likeness (QED) is 0.552. The Kier molecular flexibility index (Phi) is 5.99. The number of fused-ring (bicyclic) bond motifs is 3. The molecule has 7 nitrogen and oxygen atoms in total. The summed E-state index contributed by atoms with van der Waals surface area (Å²) >= 11 is 0. The summed E-state index contributed by atoms with van der Waals surface area (Å²) in [6.07, 6.45) is 1.50. The molecule has 1 aliphatic carbocycles. The molecule has 2 N–H and O–H groups in total. The molecule has 2 aromatic carbocycles. The molecule has 3 aromatic rings. The predicted octanol–water partition coefficient (Wildman–Crippen LogP) is 3.17. The van der Waals surface area contributed by atoms with E-state index in [1.807, 2.05) is 43.3 Å². The van der Waals surface area contributed by atoms with Gasteiger partial charge in [0.05, 0.1) is 5.39 Å². The molecule has 2 unspecified atom stereocenters. The number of carbonyl (C=O) groups is 2. The largest absolute Gasteiger partial charge is 0.480 e. The molecule has 166 valence electrons. The van der Waals surface area contributed by atoms with Crippen molar-refractivity contribution in [1.29, 1.82) is 0 Å². The van der Waals surface area contributed by atoms with Crippen LogP contribution in [-0.2, 0) is 28.9 Å². The monoisotopic (exact) mass is 435 g/mol. The number of amides is 1. The number of aliphatic carboxylic acids is 1. The first kappa shape index (κ1) is 21.6. The molecule has 0 bridgehead atoms. The number of carboxylic acid groups (broad SMARTS) is 1. The van der Waals surface area contributed by atoms with E-state index in [1.165, 1.54) is 0 Å². The molecule has 0 saturated heterocycles. The molecule has 1 aliphatic rings. The van der Waals surface area contributed by atoms with Crippen LogP contribution in [0.25, 0.3) is 11.0 Å². The molecular weight excluding hydrogens is 410 g/mol. The standard InChI is InChI=1S/C25H25NO6/c1-14-11-20(22-17-9-6-10-18(17)25(30)32-21(22)12-14)31-15(2)23(27)26-19(24(28)29)13-16-7-4-3-5-8-16/h3-5,7-8,11-12,15,19H,6,9-10,13H2,1-2H3,(H,26,27)(H,28,29). The van der Waals surface area contributed by atoms with E-state index in [1.54, 1.807) is 13.0 Å². The van der Waals surface area contributed by atoms with Gasteiger partial charge in [-0.1, -0.05) is 30.3 Å². The molecule has 2 atom stereocenters. The number of rotatable bonds is 7. The third kappa shape index (κ3) is 4.37. The molecule has 0 saturated carbocycles. The van der Waals surface area contributed by atoms with Gasteiger partial charge in [-0.15, -0.1) is 0 Å². The maximum Gasteiger partial charge on any atom is 0.339 e. The van der Waals surface area contributed by atoms with Crippen LogP contribution < -0.4 is 15.7 Å². The summed E-state index contributed by atoms with van der Waals surface area (Å²) in [6, 6.07) is 11.6. The van der Waals surface area contributed by atoms with E-state index < -0.39 is 24.0 Å². The molecule has 1 amide bonds. The molecule has 7 heteroatoms. The van der Waals surface area contributed by atoms with Gasteiger partial charge in [-0.3, -0.25) is 4.79 Å². The fourth-order valence-corrected chi connectivity index (χ4v) is 4.18. The van der Waals surface area contributed by atoms with Gasteiger partial charge in [-0.25, -0.2) is 9.59 Å². The van der Waals surface area contributed by atoms with Crippen molar-refractivity contribution >= 4 is 22.8 Å². The Morgan fingerprint density at radius 2 is 1.88 bits per heavy atom. The number of ether oxygens (including phenoxy) is 1. The van der Waals surface area contributed by atoms with E-state index in [9.17, 15) is 19.5 Å². The highest BCUT2D eigenvalue weighted by atomic mass is 16.5. The van der Waals surface area contributed by atoms with Crippen LogP contribution >= 0.6 is 0 Å². The van der Waals surface area contributed by atoms with E-state index in [2.05, 4.69) is 5.32 Å². The SMILES string of the molecule is Cc1cc(OC(C)C(=O)NC(Cc2ccccc2)C(=O)O)c2c3c(c(=O)oc2c1)CCC3. The highest BCUT2D eigenvalue weighted by molar-refractivity contribution is 5.90. The number of nitrogens with one attached hydrogen (secondary N) is 1. The van der Waals surface area contributed by atoms with Gasteiger partial charge in [0.25, 0.3) is 5.91 Å². The van der Waals surface area contributed by atoms with E-state index in [0.717, 1.165) is 29.5 Å². The van der Waals surface area contributed by atoms with Gasteiger partial charge < -0.3 is 19.6 Å². The van der Waals surface area contributed by atoms with Crippen molar-refractivity contribution in [2.45, 2.75) is 51.7 Å². The second-order valence-electron chi connectivity index (χ2n) is 8.19. The van der Waals surface area contributed by atoms with Crippen LogP contribution in [-0.4, -0.2) is 29.1 Å². The molecule has 0 aliphatic heterocycles. The number of carbonyl (C=O) groups excluding carboxylic acids is 1. The molecule has 0 spiro atoms. The third-order valence-corrected chi connectivity index (χ3v) is 5.75. The van der Waals surface area contributed by atoms with E-state index in [4.69, 9.17) is 9.15 Å². The van der Waals surface area contributed by atoms with Gasteiger partial charge in [0.15, 0.2) is 6.10 Å². The minimum atomic E-state index is -1.12. The number of carboxylic acids is 1. The zero-order chi connectivity index (χ0) is 22.8. The summed E-state index contributed by atoms with van der Waals surface area (Å²) < 4.78 is 11.5. The first-order chi connectivity index (χ1) is 15.3. The minimum absolute atomic E-state index is 0.167. The Morgan fingerprint density at radius 3 is 2.59 bits per heavy atom. The zero-order valence-corrected chi connectivity index (χ0v) is 18.0. The van der Waals surface area contributed by atoms with Crippen LogP contribution in [0.4, 0.5) is 0 Å². The Labute approximate surface area is 185 Å². The van der Waals surface area contributed by atoms with Crippen LogP contribution in [0.5, 0.6) is 5.75 Å². The Morgan fingerprint density at radius 1 is 1.16 bits per heavy atom. The summed E-state index contributed by atoms with van der Waals surface area (Å²) in [6.45, 7) is 3.43. The number of hydrogen-bond donors (Lipinski definition) is 2. The highest BCUT2D eigenvalue weighted by Gasteiger charge is 2.27. The van der Waals surface area contributed by atoms with Gasteiger partial charge >= 0.3 is 11.6 Å². The molecular formula is C25H25NO6. The van der Waals surface area contributed by atoms with E-state index in [-0.39, 0.29) is 12.0 Å². The second-order valence-corrected chi connectivity index (χ2v) is 8.19. The van der Waals surface area contributed by atoms with Gasteiger partial charge in [0.1, 0.15) is 17.4 Å². The van der Waals surface area contributed by atoms with Crippen molar-refractivity contribution in [3.8, 4) is 5.75 Å². The zero-order valence-electron chi connectivity index (χ0n) is 18.0. The average molecular weight is 435 g/mol. The lowest BCUT2D eigenvalue weighted by Gasteiger charge is -2.20. The van der Waals surface area contributed by atoms with Gasteiger partial charge in [0.2, 0.25) is 0 Å². The fourth-order valence-electron chi connectivity index (χ4n) is 4.18. The first-order valence-corrected chi connectivity index (χ1v) is 10.7. The fraction of sp³-hybridized carbons (Fsp3) is 0.320. The number of benzene rings is 2. The summed E-state index contributed by atoms with van der Waals surface area (Å²) in [5.74, 6) is -1.19. The van der Waals surface area contributed by atoms with Crippen molar-refractivity contribution in [3.63, 3.8) is 0 Å². The Balaban J connectivity index is 1.57. The maximum atomic E-state index is 12.8. The van der Waals surface area contributed by atoms with Crippen molar-refractivity contribution in [2.75, 3.05) is 0 Å². The van der Waals surface area contributed by atoms with Crippen LogP contribution in [0.15, 0.2) is 51.7 Å². The van der Waals surface area contributed by atoms with Crippen LogP contribution in [0.1, 0.15) is 35.6 Å². The normalized spacial score (nSPS) is 14.6. The van der Waals surface area contributed by atoms with Crippen LogP contribution in [0, 0.1) is 6.92 Å². The van der Waals surface area contributed by atoms with Crippen LogP contribution in [0.2, 0.25) is 0 Å². The Hall–Kier alpha value is -3.61. The lowest BCUT2D eigenvalue weighted by atomic mass is 10.0. The molecule has 1 heterocycles. The number of aryl methyl sites for hydroxylation is 2. The van der Waals surface area contributed by atoms with Crippen molar-refractivity contribution in [3.05, 3.63) is 75.1 Å². The maximum absolute atomic E-state index is 12.8. The topological polar surface area (TPSA) is 106 Å². The predicted molar refractivity (Wildman–Crippen MR) is 119 cm³/mol. The number of hydrogen-bond acceptors (Lipinski definition) is 5. The van der Waals surface area contributed by atoms with Crippen molar-refractivity contribution < 1.29 is 23.8 Å². The third-order valence-electron chi connectivity index (χ3n) is 5.75. The average Bonchev–Trinajstić information content (AvgIpc) is 3.24. The van der Waals surface area contributed by atoms with Crippen molar-refractivity contribution in [1.82, 2.24) is 5.32 Å².